The van der Waals surface area contributed by atoms with Gasteiger partial charge in [-0.2, -0.15) is 13.2 Å². The summed E-state index contributed by atoms with van der Waals surface area (Å²) >= 11 is 0. The molecule has 0 aromatic heterocycles. The lowest BCUT2D eigenvalue weighted by Gasteiger charge is -2.35. The van der Waals surface area contributed by atoms with Gasteiger partial charge < -0.3 is 15.4 Å². The summed E-state index contributed by atoms with van der Waals surface area (Å²) < 4.78 is 39.8. The number of alkyl halides is 3. The fraction of sp³-hybridized carbons (Fsp3) is 0.900. The highest BCUT2D eigenvalue weighted by Gasteiger charge is 2.29. The van der Waals surface area contributed by atoms with Crippen LogP contribution in [0, 0.1) is 0 Å². The average molecular weight is 254 g/mol. The summed E-state index contributed by atoms with van der Waals surface area (Å²) in [6, 6.07) is -0.0641. The molecule has 1 saturated heterocycles. The third-order valence-electron chi connectivity index (χ3n) is 2.71. The van der Waals surface area contributed by atoms with Crippen molar-refractivity contribution in [2.45, 2.75) is 31.5 Å². The second-order valence-corrected chi connectivity index (χ2v) is 4.08. The van der Waals surface area contributed by atoms with E-state index in [1.165, 1.54) is 4.90 Å². The normalized spacial score (nSPS) is 21.6. The Labute approximate surface area is 97.9 Å². The molecular weight excluding hydrogens is 237 g/mol. The van der Waals surface area contributed by atoms with Crippen LogP contribution in [0.1, 0.15) is 19.3 Å². The number of nitrogens with two attached hydrogens (primary N) is 1. The van der Waals surface area contributed by atoms with Crippen molar-refractivity contribution >= 4 is 5.91 Å². The number of likely N-dealkylation sites (tertiary alicyclic amines) is 1. The zero-order valence-electron chi connectivity index (χ0n) is 9.50. The highest BCUT2D eigenvalue weighted by Crippen LogP contribution is 2.17. The second kappa shape index (κ2) is 6.20. The van der Waals surface area contributed by atoms with Gasteiger partial charge in [-0.3, -0.25) is 4.79 Å². The number of nitrogens with zero attached hydrogens (tertiary/aromatic N) is 1. The molecule has 1 aliphatic rings. The maximum Gasteiger partial charge on any atom is 0.411 e. The van der Waals surface area contributed by atoms with Crippen LogP contribution in [0.4, 0.5) is 13.2 Å². The first-order valence-electron chi connectivity index (χ1n) is 5.58. The predicted molar refractivity (Wildman–Crippen MR) is 55.3 cm³/mol. The summed E-state index contributed by atoms with van der Waals surface area (Å²) in [7, 11) is 0. The fourth-order valence-electron chi connectivity index (χ4n) is 1.91. The molecule has 4 nitrogen and oxygen atoms in total. The van der Waals surface area contributed by atoms with Crippen molar-refractivity contribution in [1.82, 2.24) is 4.90 Å². The van der Waals surface area contributed by atoms with Crippen LogP contribution >= 0.6 is 0 Å². The van der Waals surface area contributed by atoms with Gasteiger partial charge in [0.1, 0.15) is 13.2 Å². The van der Waals surface area contributed by atoms with Crippen molar-refractivity contribution in [2.75, 3.05) is 26.3 Å². The summed E-state index contributed by atoms with van der Waals surface area (Å²) in [6.45, 7) is -1.03. The summed E-state index contributed by atoms with van der Waals surface area (Å²) in [5.74, 6) is -0.413. The van der Waals surface area contributed by atoms with Gasteiger partial charge in [-0.1, -0.05) is 0 Å². The minimum atomic E-state index is -4.39. The van der Waals surface area contributed by atoms with E-state index in [1.807, 2.05) is 0 Å². The number of halogens is 3. The summed E-state index contributed by atoms with van der Waals surface area (Å²) in [5, 5.41) is 0. The van der Waals surface area contributed by atoms with Crippen molar-refractivity contribution in [1.29, 1.82) is 0 Å². The maximum absolute atomic E-state index is 11.8. The van der Waals surface area contributed by atoms with Crippen molar-refractivity contribution in [3.63, 3.8) is 0 Å². The SMILES string of the molecule is NC[C@@H]1CCCCN1C(=O)COCC(F)(F)F. The van der Waals surface area contributed by atoms with E-state index in [-0.39, 0.29) is 6.04 Å². The van der Waals surface area contributed by atoms with Crippen LogP contribution in [-0.2, 0) is 9.53 Å². The molecule has 7 heteroatoms. The molecule has 0 unspecified atom stereocenters. The van der Waals surface area contributed by atoms with E-state index in [4.69, 9.17) is 5.73 Å². The highest BCUT2D eigenvalue weighted by atomic mass is 19.4. The van der Waals surface area contributed by atoms with E-state index in [1.54, 1.807) is 0 Å². The van der Waals surface area contributed by atoms with Gasteiger partial charge in [-0.05, 0) is 19.3 Å². The van der Waals surface area contributed by atoms with Crippen molar-refractivity contribution in [3.05, 3.63) is 0 Å². The summed E-state index contributed by atoms with van der Waals surface area (Å²) in [6.07, 6.45) is -1.73. The molecule has 0 aromatic rings. The number of carbonyl (C=O) groups excluding carboxylic acids is 1. The number of ether oxygens (including phenoxy) is 1. The molecule has 1 heterocycles. The van der Waals surface area contributed by atoms with Crippen molar-refractivity contribution in [2.24, 2.45) is 5.73 Å². The molecule has 2 N–H and O–H groups in total. The fourth-order valence-corrected chi connectivity index (χ4v) is 1.91. The molecule has 0 spiro atoms. The van der Waals surface area contributed by atoms with Gasteiger partial charge in [-0.15, -0.1) is 0 Å². The third-order valence-corrected chi connectivity index (χ3v) is 2.71. The predicted octanol–water partition coefficient (Wildman–Crippen LogP) is 0.905. The molecule has 1 atom stereocenters. The minimum absolute atomic E-state index is 0.0641. The van der Waals surface area contributed by atoms with Crippen LogP contribution in [0.5, 0.6) is 0 Å². The van der Waals surface area contributed by atoms with E-state index in [9.17, 15) is 18.0 Å². The molecule has 0 saturated carbocycles. The van der Waals surface area contributed by atoms with Gasteiger partial charge in [0.05, 0.1) is 0 Å². The monoisotopic (exact) mass is 254 g/mol. The molecule has 0 bridgehead atoms. The summed E-state index contributed by atoms with van der Waals surface area (Å²) in [5.41, 5.74) is 5.51. The molecule has 17 heavy (non-hydrogen) atoms. The quantitative estimate of drug-likeness (QED) is 0.811. The molecule has 0 aliphatic carbocycles. The van der Waals surface area contributed by atoms with Gasteiger partial charge in [0.2, 0.25) is 5.91 Å². The lowest BCUT2D eigenvalue weighted by Crippen LogP contribution is -2.48. The van der Waals surface area contributed by atoms with E-state index < -0.39 is 25.3 Å². The van der Waals surface area contributed by atoms with Gasteiger partial charge in [0.25, 0.3) is 0 Å². The van der Waals surface area contributed by atoms with Crippen molar-refractivity contribution < 1.29 is 22.7 Å². The van der Waals surface area contributed by atoms with Crippen LogP contribution < -0.4 is 5.73 Å². The van der Waals surface area contributed by atoms with E-state index in [2.05, 4.69) is 4.74 Å². The number of hydrogen-bond donors (Lipinski definition) is 1. The Hall–Kier alpha value is -0.820. The molecule has 1 rings (SSSR count). The molecule has 1 fully saturated rings. The molecule has 100 valence electrons. The first-order valence-corrected chi connectivity index (χ1v) is 5.58. The number of hydrogen-bond acceptors (Lipinski definition) is 3. The maximum atomic E-state index is 11.8. The van der Waals surface area contributed by atoms with E-state index in [0.29, 0.717) is 13.1 Å². The Kier molecular flexibility index (Phi) is 5.20. The number of amides is 1. The Morgan fingerprint density at radius 3 is 2.71 bits per heavy atom. The Balaban J connectivity index is 2.35. The molecular formula is C10H17F3N2O2. The zero-order valence-corrected chi connectivity index (χ0v) is 9.50. The lowest BCUT2D eigenvalue weighted by molar-refractivity contribution is -0.178. The molecule has 0 aromatic carbocycles. The second-order valence-electron chi connectivity index (χ2n) is 4.08. The Morgan fingerprint density at radius 2 is 2.12 bits per heavy atom. The van der Waals surface area contributed by atoms with E-state index in [0.717, 1.165) is 19.3 Å². The molecule has 1 aliphatic heterocycles. The molecule has 1 amide bonds. The lowest BCUT2D eigenvalue weighted by atomic mass is 10.0. The Bertz CT molecular complexity index is 258. The number of carbonyl (C=O) groups is 1. The minimum Gasteiger partial charge on any atom is -0.362 e. The van der Waals surface area contributed by atoms with Crippen LogP contribution in [0.2, 0.25) is 0 Å². The number of rotatable bonds is 4. The van der Waals surface area contributed by atoms with Gasteiger partial charge >= 0.3 is 6.18 Å². The van der Waals surface area contributed by atoms with Gasteiger partial charge in [-0.25, -0.2) is 0 Å². The standard InChI is InChI=1S/C10H17F3N2O2/c11-10(12,13)7-17-6-9(16)15-4-2-1-3-8(15)5-14/h8H,1-7,14H2/t8-/m0/s1. The van der Waals surface area contributed by atoms with Crippen LogP contribution in [0.15, 0.2) is 0 Å². The number of piperidine rings is 1. The first kappa shape index (κ1) is 14.2. The topological polar surface area (TPSA) is 55.6 Å². The Morgan fingerprint density at radius 1 is 1.41 bits per heavy atom. The largest absolute Gasteiger partial charge is 0.411 e. The average Bonchev–Trinajstić information content (AvgIpc) is 2.27. The van der Waals surface area contributed by atoms with Gasteiger partial charge in [0.15, 0.2) is 0 Å². The first-order chi connectivity index (χ1) is 7.94. The van der Waals surface area contributed by atoms with Crippen LogP contribution in [-0.4, -0.2) is 49.3 Å². The third kappa shape index (κ3) is 4.91. The van der Waals surface area contributed by atoms with Crippen LogP contribution in [0.25, 0.3) is 0 Å². The molecule has 0 radical (unpaired) electrons. The zero-order chi connectivity index (χ0) is 12.9. The van der Waals surface area contributed by atoms with Crippen molar-refractivity contribution in [3.8, 4) is 0 Å². The highest BCUT2D eigenvalue weighted by molar-refractivity contribution is 5.77. The summed E-state index contributed by atoms with van der Waals surface area (Å²) in [4.78, 5) is 13.2. The van der Waals surface area contributed by atoms with E-state index >= 15 is 0 Å². The van der Waals surface area contributed by atoms with Gasteiger partial charge in [0, 0.05) is 19.1 Å². The smallest absolute Gasteiger partial charge is 0.362 e. The van der Waals surface area contributed by atoms with Crippen LogP contribution in [0.3, 0.4) is 0 Å².